The molecular formula is C25H20F3N3O2S. The predicted octanol–water partition coefficient (Wildman–Crippen LogP) is 5.78. The van der Waals surface area contributed by atoms with Gasteiger partial charge in [-0.15, -0.1) is 11.3 Å². The maximum absolute atomic E-state index is 12.7. The molecule has 174 valence electrons. The van der Waals surface area contributed by atoms with E-state index >= 15 is 0 Å². The highest BCUT2D eigenvalue weighted by Crippen LogP contribution is 2.30. The van der Waals surface area contributed by atoms with Gasteiger partial charge in [0.15, 0.2) is 0 Å². The minimum atomic E-state index is -4.36. The van der Waals surface area contributed by atoms with Crippen molar-refractivity contribution in [2.24, 2.45) is 0 Å². The maximum atomic E-state index is 12.7. The van der Waals surface area contributed by atoms with Gasteiger partial charge in [0.25, 0.3) is 5.91 Å². The summed E-state index contributed by atoms with van der Waals surface area (Å²) in [5.74, 6) is 0.294. The number of carbonyl (C=O) groups excluding carboxylic acids is 1. The molecule has 0 radical (unpaired) electrons. The molecule has 1 amide bonds. The lowest BCUT2D eigenvalue weighted by Crippen LogP contribution is -2.26. The molecule has 34 heavy (non-hydrogen) atoms. The first-order chi connectivity index (χ1) is 16.4. The van der Waals surface area contributed by atoms with E-state index in [1.54, 1.807) is 29.8 Å². The Morgan fingerprint density at radius 1 is 1.03 bits per heavy atom. The normalized spacial score (nSPS) is 11.3. The van der Waals surface area contributed by atoms with Crippen molar-refractivity contribution >= 4 is 17.2 Å². The molecule has 4 aromatic rings. The van der Waals surface area contributed by atoms with Gasteiger partial charge in [-0.2, -0.15) is 13.2 Å². The Morgan fingerprint density at radius 3 is 2.59 bits per heavy atom. The molecule has 2 heterocycles. The number of nitrogens with zero attached hydrogens (tertiary/aromatic N) is 2. The molecule has 4 rings (SSSR count). The zero-order chi connectivity index (χ0) is 24.0. The molecule has 1 N–H and O–H groups in total. The first-order valence-electron chi connectivity index (χ1n) is 10.4. The third-order valence-corrected chi connectivity index (χ3v) is 5.79. The summed E-state index contributed by atoms with van der Waals surface area (Å²) >= 11 is 1.34. The molecule has 0 unspecified atom stereocenters. The second-order valence-electron chi connectivity index (χ2n) is 7.38. The van der Waals surface area contributed by atoms with Crippen molar-refractivity contribution in [1.29, 1.82) is 0 Å². The molecule has 0 atom stereocenters. The van der Waals surface area contributed by atoms with Crippen LogP contribution in [0.25, 0.3) is 10.6 Å². The number of thiazole rings is 1. The fourth-order valence-electron chi connectivity index (χ4n) is 3.13. The van der Waals surface area contributed by atoms with Gasteiger partial charge in [-0.25, -0.2) is 4.98 Å². The Kier molecular flexibility index (Phi) is 7.22. The summed E-state index contributed by atoms with van der Waals surface area (Å²) < 4.78 is 43.8. The standard InChI is InChI=1S/C25H20F3N3O2S/c26-25(27,28)19-9-7-17(8-10-19)15-33-21-6-3-4-18(14-21)24-31-22(16-34-24)23(32)30-13-11-20-5-1-2-12-29-20/h1-10,12,14,16H,11,13,15H2,(H,30,32). The van der Waals surface area contributed by atoms with Gasteiger partial charge in [-0.05, 0) is 42.0 Å². The van der Waals surface area contributed by atoms with Gasteiger partial charge in [0.05, 0.1) is 5.56 Å². The molecule has 0 aliphatic carbocycles. The number of ether oxygens (including phenoxy) is 1. The molecule has 0 saturated heterocycles. The van der Waals surface area contributed by atoms with Crippen molar-refractivity contribution in [2.45, 2.75) is 19.2 Å². The van der Waals surface area contributed by atoms with Gasteiger partial charge >= 0.3 is 6.18 Å². The highest BCUT2D eigenvalue weighted by Gasteiger charge is 2.29. The summed E-state index contributed by atoms with van der Waals surface area (Å²) in [6.07, 6.45) is -2.02. The molecule has 0 spiro atoms. The summed E-state index contributed by atoms with van der Waals surface area (Å²) in [6.45, 7) is 0.583. The SMILES string of the molecule is O=C(NCCc1ccccn1)c1csc(-c2cccc(OCc3ccc(C(F)(F)F)cc3)c2)n1. The van der Waals surface area contributed by atoms with Crippen LogP contribution in [0.2, 0.25) is 0 Å². The van der Waals surface area contributed by atoms with E-state index in [1.807, 2.05) is 24.3 Å². The zero-order valence-corrected chi connectivity index (χ0v) is 18.7. The fourth-order valence-corrected chi connectivity index (χ4v) is 3.92. The lowest BCUT2D eigenvalue weighted by atomic mass is 10.1. The summed E-state index contributed by atoms with van der Waals surface area (Å²) in [7, 11) is 0. The Bertz CT molecular complexity index is 1240. The lowest BCUT2D eigenvalue weighted by Gasteiger charge is -2.09. The fraction of sp³-hybridized carbons (Fsp3) is 0.160. The van der Waals surface area contributed by atoms with Crippen molar-refractivity contribution < 1.29 is 22.7 Å². The number of nitrogens with one attached hydrogen (secondary N) is 1. The van der Waals surface area contributed by atoms with E-state index in [9.17, 15) is 18.0 Å². The summed E-state index contributed by atoms with van der Waals surface area (Å²) in [5, 5.41) is 5.20. The van der Waals surface area contributed by atoms with Crippen molar-refractivity contribution in [3.8, 4) is 16.3 Å². The summed E-state index contributed by atoms with van der Waals surface area (Å²) in [4.78, 5) is 21.1. The molecule has 2 aromatic carbocycles. The van der Waals surface area contributed by atoms with E-state index in [1.165, 1.54) is 23.5 Å². The number of pyridine rings is 1. The number of rotatable bonds is 8. The van der Waals surface area contributed by atoms with Crippen molar-refractivity contribution in [3.63, 3.8) is 0 Å². The van der Waals surface area contributed by atoms with Gasteiger partial charge in [0.1, 0.15) is 23.1 Å². The van der Waals surface area contributed by atoms with Gasteiger partial charge in [-0.3, -0.25) is 9.78 Å². The van der Waals surface area contributed by atoms with E-state index in [4.69, 9.17) is 4.74 Å². The van der Waals surface area contributed by atoms with Crippen LogP contribution in [0.5, 0.6) is 5.75 Å². The first-order valence-corrected chi connectivity index (χ1v) is 11.3. The van der Waals surface area contributed by atoms with Crippen LogP contribution in [0.1, 0.15) is 27.3 Å². The minimum Gasteiger partial charge on any atom is -0.489 e. The number of alkyl halides is 3. The van der Waals surface area contributed by atoms with E-state index < -0.39 is 11.7 Å². The average Bonchev–Trinajstić information content (AvgIpc) is 3.34. The largest absolute Gasteiger partial charge is 0.489 e. The Labute approximate surface area is 198 Å². The molecule has 0 aliphatic rings. The molecule has 0 bridgehead atoms. The van der Waals surface area contributed by atoms with Crippen LogP contribution in [0, 0.1) is 0 Å². The minimum absolute atomic E-state index is 0.128. The van der Waals surface area contributed by atoms with Crippen LogP contribution in [0.15, 0.2) is 78.3 Å². The first kappa shape index (κ1) is 23.4. The Balaban J connectivity index is 1.34. The number of hydrogen-bond donors (Lipinski definition) is 1. The second-order valence-corrected chi connectivity index (χ2v) is 8.23. The van der Waals surface area contributed by atoms with Gasteiger partial charge < -0.3 is 10.1 Å². The lowest BCUT2D eigenvalue weighted by molar-refractivity contribution is -0.137. The number of carbonyl (C=O) groups is 1. The van der Waals surface area contributed by atoms with Crippen LogP contribution in [0.3, 0.4) is 0 Å². The highest BCUT2D eigenvalue weighted by molar-refractivity contribution is 7.13. The van der Waals surface area contributed by atoms with Gasteiger partial charge in [0, 0.05) is 35.8 Å². The maximum Gasteiger partial charge on any atom is 0.416 e. The van der Waals surface area contributed by atoms with Crippen LogP contribution < -0.4 is 10.1 Å². The topological polar surface area (TPSA) is 64.1 Å². The number of amides is 1. The van der Waals surface area contributed by atoms with E-state index in [0.29, 0.717) is 35.0 Å². The summed E-state index contributed by atoms with van der Waals surface area (Å²) in [6, 6.07) is 17.7. The van der Waals surface area contributed by atoms with Crippen LogP contribution in [0.4, 0.5) is 13.2 Å². The molecular weight excluding hydrogens is 463 g/mol. The zero-order valence-electron chi connectivity index (χ0n) is 17.9. The predicted molar refractivity (Wildman–Crippen MR) is 124 cm³/mol. The summed E-state index contributed by atoms with van der Waals surface area (Å²) in [5.41, 5.74) is 1.94. The Hall–Kier alpha value is -3.72. The Morgan fingerprint density at radius 2 is 1.85 bits per heavy atom. The quantitative estimate of drug-likeness (QED) is 0.345. The van der Waals surface area contributed by atoms with Crippen molar-refractivity contribution in [1.82, 2.24) is 15.3 Å². The third-order valence-electron chi connectivity index (χ3n) is 4.90. The molecule has 2 aromatic heterocycles. The van der Waals surface area contributed by atoms with Crippen LogP contribution in [-0.2, 0) is 19.2 Å². The highest BCUT2D eigenvalue weighted by atomic mass is 32.1. The molecule has 5 nitrogen and oxygen atoms in total. The van der Waals surface area contributed by atoms with Crippen LogP contribution >= 0.6 is 11.3 Å². The van der Waals surface area contributed by atoms with Gasteiger partial charge in [0.2, 0.25) is 0 Å². The van der Waals surface area contributed by atoms with E-state index in [-0.39, 0.29) is 12.5 Å². The van der Waals surface area contributed by atoms with Crippen molar-refractivity contribution in [2.75, 3.05) is 6.54 Å². The molecule has 0 aliphatic heterocycles. The van der Waals surface area contributed by atoms with Crippen LogP contribution in [-0.4, -0.2) is 22.4 Å². The average molecular weight is 484 g/mol. The second kappa shape index (κ2) is 10.5. The monoisotopic (exact) mass is 483 g/mol. The molecule has 9 heteroatoms. The number of halogens is 3. The number of aromatic nitrogens is 2. The molecule has 0 saturated carbocycles. The van der Waals surface area contributed by atoms with Crippen molar-refractivity contribution in [3.05, 3.63) is 101 Å². The smallest absolute Gasteiger partial charge is 0.416 e. The third kappa shape index (κ3) is 6.20. The molecule has 0 fully saturated rings. The number of hydrogen-bond acceptors (Lipinski definition) is 5. The van der Waals surface area contributed by atoms with Gasteiger partial charge in [-0.1, -0.05) is 30.3 Å². The van der Waals surface area contributed by atoms with E-state index in [2.05, 4.69) is 15.3 Å². The number of benzene rings is 2. The van der Waals surface area contributed by atoms with E-state index in [0.717, 1.165) is 23.4 Å².